The van der Waals surface area contributed by atoms with Gasteiger partial charge in [-0.05, 0) is 40.5 Å². The fourth-order valence-corrected chi connectivity index (χ4v) is 3.25. The molecule has 1 amide bonds. The van der Waals surface area contributed by atoms with Gasteiger partial charge in [-0.3, -0.25) is 4.79 Å². The second-order valence-corrected chi connectivity index (χ2v) is 6.10. The van der Waals surface area contributed by atoms with E-state index >= 15 is 0 Å². The number of thiophene rings is 1. The Morgan fingerprint density at radius 3 is 2.35 bits per heavy atom. The number of carbonyl (C=O) groups excluding carboxylic acids is 3. The first kappa shape index (κ1) is 17.2. The number of nitrogens with one attached hydrogen (secondary N) is 1. The molecule has 0 fully saturated rings. The van der Waals surface area contributed by atoms with Gasteiger partial charge in [0.15, 0.2) is 10.4 Å². The average molecular weight is 402 g/mol. The van der Waals surface area contributed by atoms with Crippen LogP contribution in [0.25, 0.3) is 0 Å². The monoisotopic (exact) mass is 401 g/mol. The van der Waals surface area contributed by atoms with Gasteiger partial charge in [0.1, 0.15) is 9.88 Å². The van der Waals surface area contributed by atoms with Crippen molar-refractivity contribution in [3.8, 4) is 0 Å². The fourth-order valence-electron chi connectivity index (χ4n) is 1.84. The van der Waals surface area contributed by atoms with Gasteiger partial charge in [-0.25, -0.2) is 9.59 Å². The van der Waals surface area contributed by atoms with Crippen LogP contribution < -0.4 is 5.32 Å². The maximum absolute atomic E-state index is 12.2. The van der Waals surface area contributed by atoms with Crippen LogP contribution in [0.5, 0.6) is 0 Å². The van der Waals surface area contributed by atoms with Crippen molar-refractivity contribution in [1.29, 1.82) is 0 Å². The van der Waals surface area contributed by atoms with Crippen LogP contribution in [0, 0.1) is 6.92 Å². The molecule has 0 aromatic carbocycles. The Hall–Kier alpha value is -2.13. The summed E-state index contributed by atoms with van der Waals surface area (Å²) in [6.45, 7) is 1.58. The van der Waals surface area contributed by atoms with Crippen LogP contribution in [0.2, 0.25) is 0 Å². The molecule has 23 heavy (non-hydrogen) atoms. The molecule has 1 N–H and O–H groups in total. The summed E-state index contributed by atoms with van der Waals surface area (Å²) >= 11 is 4.03. The molecule has 0 atom stereocenters. The lowest BCUT2D eigenvalue weighted by atomic mass is 10.1. The van der Waals surface area contributed by atoms with E-state index in [9.17, 15) is 14.4 Å². The smallest absolute Gasteiger partial charge is 0.348 e. The Morgan fingerprint density at radius 1 is 1.17 bits per heavy atom. The van der Waals surface area contributed by atoms with Crippen LogP contribution in [0.1, 0.15) is 36.1 Å². The first-order valence-corrected chi connectivity index (χ1v) is 7.86. The van der Waals surface area contributed by atoms with E-state index in [1.165, 1.54) is 20.3 Å². The largest absolute Gasteiger partial charge is 0.465 e. The Kier molecular flexibility index (Phi) is 5.22. The van der Waals surface area contributed by atoms with Crippen molar-refractivity contribution in [2.75, 3.05) is 19.5 Å². The molecule has 2 aromatic heterocycles. The minimum absolute atomic E-state index is 0.0540. The molecule has 0 saturated carbocycles. The maximum atomic E-state index is 12.2. The molecule has 122 valence electrons. The Morgan fingerprint density at radius 2 is 1.83 bits per heavy atom. The van der Waals surface area contributed by atoms with Crippen molar-refractivity contribution in [2.24, 2.45) is 0 Å². The van der Waals surface area contributed by atoms with Crippen molar-refractivity contribution in [3.05, 3.63) is 38.6 Å². The number of hydrogen-bond acceptors (Lipinski definition) is 7. The summed E-state index contributed by atoms with van der Waals surface area (Å²) in [5.41, 5.74) is 0.487. The zero-order valence-corrected chi connectivity index (χ0v) is 14.8. The molecule has 0 aliphatic heterocycles. The Balaban J connectivity index is 2.42. The van der Waals surface area contributed by atoms with Crippen LogP contribution in [0.3, 0.4) is 0 Å². The van der Waals surface area contributed by atoms with Crippen LogP contribution in [0.4, 0.5) is 5.00 Å². The Labute approximate surface area is 143 Å². The highest BCUT2D eigenvalue weighted by atomic mass is 79.9. The van der Waals surface area contributed by atoms with Crippen LogP contribution >= 0.6 is 27.3 Å². The molecule has 2 heterocycles. The van der Waals surface area contributed by atoms with E-state index in [1.54, 1.807) is 13.0 Å². The number of carbonyl (C=O) groups is 3. The molecular weight excluding hydrogens is 390 g/mol. The summed E-state index contributed by atoms with van der Waals surface area (Å²) < 4.78 is 14.9. The molecule has 0 unspecified atom stereocenters. The highest BCUT2D eigenvalue weighted by molar-refractivity contribution is 9.10. The van der Waals surface area contributed by atoms with Gasteiger partial charge in [0.2, 0.25) is 0 Å². The molecule has 0 aliphatic carbocycles. The molecule has 0 saturated heterocycles. The summed E-state index contributed by atoms with van der Waals surface area (Å²) in [5.74, 6) is -1.76. The number of ether oxygens (including phenoxy) is 2. The van der Waals surface area contributed by atoms with Crippen LogP contribution in [-0.4, -0.2) is 32.1 Å². The summed E-state index contributed by atoms with van der Waals surface area (Å²) in [5, 5.41) is 2.74. The lowest BCUT2D eigenvalue weighted by Crippen LogP contribution is -2.13. The fraction of sp³-hybridized carbons (Fsp3) is 0.214. The predicted octanol–water partition coefficient (Wildman–Crippen LogP) is 3.24. The number of rotatable bonds is 4. The van der Waals surface area contributed by atoms with Gasteiger partial charge >= 0.3 is 11.9 Å². The second-order valence-electron chi connectivity index (χ2n) is 4.30. The minimum atomic E-state index is -0.662. The highest BCUT2D eigenvalue weighted by Crippen LogP contribution is 2.34. The second kappa shape index (κ2) is 6.97. The maximum Gasteiger partial charge on any atom is 0.348 e. The van der Waals surface area contributed by atoms with E-state index in [4.69, 9.17) is 9.15 Å². The normalized spacial score (nSPS) is 10.3. The quantitative estimate of drug-likeness (QED) is 0.790. The zero-order valence-electron chi connectivity index (χ0n) is 12.4. The SMILES string of the molecule is COC(=O)c1sc(NC(=O)c2ccc(Br)o2)c(C(=O)OC)c1C. The molecule has 0 spiro atoms. The number of methoxy groups -OCH3 is 2. The Bertz CT molecular complexity index is 778. The number of amides is 1. The standard InChI is InChI=1S/C14H12BrNO6S/c1-6-9(13(18)20-2)12(23-10(6)14(19)21-3)16-11(17)7-4-5-8(15)22-7/h4-5H,1-3H3,(H,16,17). The topological polar surface area (TPSA) is 94.8 Å². The molecule has 0 radical (unpaired) electrons. The van der Waals surface area contributed by atoms with Crippen LogP contribution in [0.15, 0.2) is 21.2 Å². The number of hydrogen-bond donors (Lipinski definition) is 1. The lowest BCUT2D eigenvalue weighted by Gasteiger charge is -2.04. The number of anilines is 1. The number of esters is 2. The van der Waals surface area contributed by atoms with E-state index in [2.05, 4.69) is 26.0 Å². The highest BCUT2D eigenvalue weighted by Gasteiger charge is 2.27. The van der Waals surface area contributed by atoms with Crippen molar-refractivity contribution in [2.45, 2.75) is 6.92 Å². The van der Waals surface area contributed by atoms with E-state index in [0.29, 0.717) is 10.2 Å². The first-order chi connectivity index (χ1) is 10.9. The van der Waals surface area contributed by atoms with Crippen molar-refractivity contribution >= 4 is 50.1 Å². The average Bonchev–Trinajstić information content (AvgIpc) is 3.10. The minimum Gasteiger partial charge on any atom is -0.465 e. The number of furan rings is 1. The molecule has 2 rings (SSSR count). The molecule has 9 heteroatoms. The van der Waals surface area contributed by atoms with E-state index < -0.39 is 17.8 Å². The van der Waals surface area contributed by atoms with Gasteiger partial charge < -0.3 is 19.2 Å². The van der Waals surface area contributed by atoms with Crippen LogP contribution in [-0.2, 0) is 9.47 Å². The van der Waals surface area contributed by atoms with Gasteiger partial charge in [-0.1, -0.05) is 0 Å². The van der Waals surface area contributed by atoms with Crippen molar-refractivity contribution < 1.29 is 28.3 Å². The molecule has 0 bridgehead atoms. The number of halogens is 1. The lowest BCUT2D eigenvalue weighted by molar-refractivity contribution is 0.0601. The summed E-state index contributed by atoms with van der Waals surface area (Å²) in [7, 11) is 2.45. The molecule has 0 aliphatic rings. The third-order valence-corrected chi connectivity index (χ3v) is 4.54. The summed E-state index contributed by atoms with van der Waals surface area (Å²) in [6.07, 6.45) is 0. The molecule has 7 nitrogen and oxygen atoms in total. The van der Waals surface area contributed by atoms with Gasteiger partial charge in [-0.15, -0.1) is 11.3 Å². The van der Waals surface area contributed by atoms with Crippen molar-refractivity contribution in [3.63, 3.8) is 0 Å². The predicted molar refractivity (Wildman–Crippen MR) is 86.1 cm³/mol. The summed E-state index contributed by atoms with van der Waals surface area (Å²) in [4.78, 5) is 36.1. The van der Waals surface area contributed by atoms with E-state index in [1.807, 2.05) is 0 Å². The first-order valence-electron chi connectivity index (χ1n) is 6.25. The third-order valence-electron chi connectivity index (χ3n) is 2.93. The molecular formula is C14H12BrNO6S. The summed E-state index contributed by atoms with van der Waals surface area (Å²) in [6, 6.07) is 3.04. The van der Waals surface area contributed by atoms with Crippen molar-refractivity contribution in [1.82, 2.24) is 0 Å². The van der Waals surface area contributed by atoms with E-state index in [0.717, 1.165) is 11.3 Å². The van der Waals surface area contributed by atoms with Gasteiger partial charge in [0.05, 0.1) is 19.8 Å². The van der Waals surface area contributed by atoms with E-state index in [-0.39, 0.29) is 21.2 Å². The van der Waals surface area contributed by atoms with Gasteiger partial charge in [0.25, 0.3) is 5.91 Å². The zero-order chi connectivity index (χ0) is 17.1. The van der Waals surface area contributed by atoms with Gasteiger partial charge in [-0.2, -0.15) is 0 Å². The van der Waals surface area contributed by atoms with Gasteiger partial charge in [0, 0.05) is 0 Å². The third kappa shape index (κ3) is 3.45. The molecule has 2 aromatic rings.